The highest BCUT2D eigenvalue weighted by molar-refractivity contribution is 7.12. The van der Waals surface area contributed by atoms with Gasteiger partial charge in [0, 0.05) is 0 Å². The second-order valence-electron chi connectivity index (χ2n) is 6.01. The van der Waals surface area contributed by atoms with Gasteiger partial charge in [-0.1, -0.05) is 13.0 Å². The van der Waals surface area contributed by atoms with Gasteiger partial charge in [0.05, 0.1) is 23.3 Å². The Bertz CT molecular complexity index is 965. The molecule has 0 unspecified atom stereocenters. The van der Waals surface area contributed by atoms with Gasteiger partial charge in [-0.2, -0.15) is 5.10 Å². The first-order chi connectivity index (χ1) is 14.2. The number of nitrogens with one attached hydrogen (secondary N) is 1. The molecule has 7 heteroatoms. The lowest BCUT2D eigenvalue weighted by atomic mass is 10.2. The molecule has 1 amide bonds. The van der Waals surface area contributed by atoms with Crippen LogP contribution in [0.3, 0.4) is 0 Å². The normalized spacial score (nSPS) is 10.7. The second-order valence-corrected chi connectivity index (χ2v) is 6.96. The third-order valence-electron chi connectivity index (χ3n) is 3.78. The Kier molecular flexibility index (Phi) is 7.13. The van der Waals surface area contributed by atoms with Crippen LogP contribution in [0.15, 0.2) is 71.1 Å². The van der Waals surface area contributed by atoms with Gasteiger partial charge >= 0.3 is 5.97 Å². The first-order valence-corrected chi connectivity index (χ1v) is 9.95. The number of carbonyl (C=O) groups excluding carboxylic acids is 2. The SMILES string of the molecule is CCCOc1ccc(C(=O)Oc2ccc(/C=N/NC(=O)c3cccs3)cc2)cc1. The van der Waals surface area contributed by atoms with Crippen molar-refractivity contribution in [2.45, 2.75) is 13.3 Å². The van der Waals surface area contributed by atoms with Crippen LogP contribution in [0.4, 0.5) is 0 Å². The van der Waals surface area contributed by atoms with Crippen LogP contribution < -0.4 is 14.9 Å². The van der Waals surface area contributed by atoms with Crippen LogP contribution in [0.2, 0.25) is 0 Å². The molecule has 2 aromatic carbocycles. The monoisotopic (exact) mass is 408 g/mol. The number of hydrogen-bond acceptors (Lipinski definition) is 6. The van der Waals surface area contributed by atoms with Gasteiger partial charge in [0.15, 0.2) is 0 Å². The lowest BCUT2D eigenvalue weighted by molar-refractivity contribution is 0.0734. The molecule has 3 aromatic rings. The molecule has 0 bridgehead atoms. The van der Waals surface area contributed by atoms with E-state index in [4.69, 9.17) is 9.47 Å². The third-order valence-corrected chi connectivity index (χ3v) is 4.65. The highest BCUT2D eigenvalue weighted by Gasteiger charge is 2.09. The third kappa shape index (κ3) is 6.02. The van der Waals surface area contributed by atoms with E-state index in [1.165, 1.54) is 17.6 Å². The average Bonchev–Trinajstić information content (AvgIpc) is 3.29. The standard InChI is InChI=1S/C22H20N2O4S/c1-2-13-27-18-11-7-17(8-12-18)22(26)28-19-9-5-16(6-10-19)15-23-24-21(25)20-4-3-14-29-20/h3-12,14-15H,2,13H2,1H3,(H,24,25)/b23-15+. The van der Waals surface area contributed by atoms with Gasteiger partial charge in [-0.25, -0.2) is 10.2 Å². The Morgan fingerprint density at radius 2 is 1.76 bits per heavy atom. The van der Waals surface area contributed by atoms with Gasteiger partial charge in [-0.05, 0) is 72.0 Å². The summed E-state index contributed by atoms with van der Waals surface area (Å²) in [6.45, 7) is 2.67. The van der Waals surface area contributed by atoms with E-state index >= 15 is 0 Å². The molecule has 0 atom stereocenters. The Balaban J connectivity index is 1.52. The van der Waals surface area contributed by atoms with Crippen molar-refractivity contribution >= 4 is 29.4 Å². The summed E-state index contributed by atoms with van der Waals surface area (Å²) in [4.78, 5) is 24.6. The number of rotatable bonds is 8. The quantitative estimate of drug-likeness (QED) is 0.257. The molecule has 0 spiro atoms. The minimum absolute atomic E-state index is 0.257. The topological polar surface area (TPSA) is 77.0 Å². The van der Waals surface area contributed by atoms with Crippen LogP contribution >= 0.6 is 11.3 Å². The Hall–Kier alpha value is -3.45. The van der Waals surface area contributed by atoms with Crippen molar-refractivity contribution in [1.82, 2.24) is 5.43 Å². The van der Waals surface area contributed by atoms with E-state index in [1.54, 1.807) is 60.7 Å². The van der Waals surface area contributed by atoms with Crippen LogP contribution in [0.1, 0.15) is 38.9 Å². The number of hydrogen-bond donors (Lipinski definition) is 1. The van der Waals surface area contributed by atoms with E-state index in [0.717, 1.165) is 17.7 Å². The molecule has 1 N–H and O–H groups in total. The zero-order chi connectivity index (χ0) is 20.5. The first kappa shape index (κ1) is 20.3. The molecule has 0 aliphatic rings. The molecule has 0 fully saturated rings. The molecule has 6 nitrogen and oxygen atoms in total. The minimum atomic E-state index is -0.448. The summed E-state index contributed by atoms with van der Waals surface area (Å²) in [5, 5.41) is 5.75. The van der Waals surface area contributed by atoms with Gasteiger partial charge in [-0.3, -0.25) is 4.79 Å². The summed E-state index contributed by atoms with van der Waals surface area (Å²) < 4.78 is 10.9. The maximum atomic E-state index is 12.2. The molecule has 3 rings (SSSR count). The van der Waals surface area contributed by atoms with Crippen molar-refractivity contribution in [1.29, 1.82) is 0 Å². The van der Waals surface area contributed by atoms with Crippen LogP contribution in [-0.2, 0) is 0 Å². The molecule has 1 aromatic heterocycles. The van der Waals surface area contributed by atoms with Crippen LogP contribution in [-0.4, -0.2) is 24.7 Å². The number of amides is 1. The maximum absolute atomic E-state index is 12.2. The lowest BCUT2D eigenvalue weighted by Gasteiger charge is -2.07. The average molecular weight is 408 g/mol. The zero-order valence-corrected chi connectivity index (χ0v) is 16.6. The minimum Gasteiger partial charge on any atom is -0.494 e. The molecule has 29 heavy (non-hydrogen) atoms. The fourth-order valence-electron chi connectivity index (χ4n) is 2.32. The molecule has 0 radical (unpaired) electrons. The number of ether oxygens (including phenoxy) is 2. The van der Waals surface area contributed by atoms with E-state index < -0.39 is 5.97 Å². The van der Waals surface area contributed by atoms with E-state index in [2.05, 4.69) is 10.5 Å². The molecule has 0 aliphatic carbocycles. The summed E-state index contributed by atoms with van der Waals surface area (Å²) in [6, 6.07) is 17.2. The van der Waals surface area contributed by atoms with Gasteiger partial charge in [0.25, 0.3) is 5.91 Å². The van der Waals surface area contributed by atoms with E-state index in [0.29, 0.717) is 22.8 Å². The van der Waals surface area contributed by atoms with Crippen molar-refractivity contribution in [3.05, 3.63) is 82.0 Å². The van der Waals surface area contributed by atoms with E-state index in [9.17, 15) is 9.59 Å². The van der Waals surface area contributed by atoms with Crippen molar-refractivity contribution in [3.63, 3.8) is 0 Å². The molecular formula is C22H20N2O4S. The summed E-state index contributed by atoms with van der Waals surface area (Å²) in [5.41, 5.74) is 3.66. The largest absolute Gasteiger partial charge is 0.494 e. The summed E-state index contributed by atoms with van der Waals surface area (Å²) in [5.74, 6) is 0.434. The lowest BCUT2D eigenvalue weighted by Crippen LogP contribution is -2.16. The van der Waals surface area contributed by atoms with Gasteiger partial charge in [-0.15, -0.1) is 11.3 Å². The highest BCUT2D eigenvalue weighted by Crippen LogP contribution is 2.16. The Morgan fingerprint density at radius 1 is 1.03 bits per heavy atom. The molecular weight excluding hydrogens is 388 g/mol. The highest BCUT2D eigenvalue weighted by atomic mass is 32.1. The predicted octanol–water partition coefficient (Wildman–Crippen LogP) is 4.52. The fourth-order valence-corrected chi connectivity index (χ4v) is 2.94. The van der Waals surface area contributed by atoms with Crippen molar-refractivity contribution in [2.75, 3.05) is 6.61 Å². The molecule has 0 saturated carbocycles. The summed E-state index contributed by atoms with van der Waals surface area (Å²) in [6.07, 6.45) is 2.44. The van der Waals surface area contributed by atoms with Gasteiger partial charge in [0.2, 0.25) is 0 Å². The van der Waals surface area contributed by atoms with Crippen LogP contribution in [0.5, 0.6) is 11.5 Å². The van der Waals surface area contributed by atoms with Gasteiger partial charge < -0.3 is 9.47 Å². The molecule has 148 valence electrons. The van der Waals surface area contributed by atoms with Crippen molar-refractivity contribution < 1.29 is 19.1 Å². The van der Waals surface area contributed by atoms with Gasteiger partial charge in [0.1, 0.15) is 11.5 Å². The summed E-state index contributed by atoms with van der Waals surface area (Å²) >= 11 is 1.35. The van der Waals surface area contributed by atoms with Crippen molar-refractivity contribution in [2.24, 2.45) is 5.10 Å². The first-order valence-electron chi connectivity index (χ1n) is 9.07. The predicted molar refractivity (Wildman–Crippen MR) is 113 cm³/mol. The fraction of sp³-hybridized carbons (Fsp3) is 0.136. The number of carbonyl (C=O) groups is 2. The van der Waals surface area contributed by atoms with E-state index in [-0.39, 0.29) is 5.91 Å². The second kappa shape index (κ2) is 10.2. The molecule has 0 aliphatic heterocycles. The number of thiophene rings is 1. The number of hydrazone groups is 1. The van der Waals surface area contributed by atoms with E-state index in [1.807, 2.05) is 12.3 Å². The smallest absolute Gasteiger partial charge is 0.343 e. The Morgan fingerprint density at radius 3 is 2.41 bits per heavy atom. The molecule has 1 heterocycles. The summed E-state index contributed by atoms with van der Waals surface area (Å²) in [7, 11) is 0. The number of benzene rings is 2. The zero-order valence-electron chi connectivity index (χ0n) is 15.8. The Labute approximate surface area is 172 Å². The van der Waals surface area contributed by atoms with Crippen LogP contribution in [0, 0.1) is 0 Å². The van der Waals surface area contributed by atoms with Crippen LogP contribution in [0.25, 0.3) is 0 Å². The number of nitrogens with zero attached hydrogens (tertiary/aromatic N) is 1. The maximum Gasteiger partial charge on any atom is 0.343 e. The number of esters is 1. The van der Waals surface area contributed by atoms with Crippen molar-refractivity contribution in [3.8, 4) is 11.5 Å². The molecule has 0 saturated heterocycles.